The Balaban J connectivity index is 1.69. The molecule has 1 fully saturated rings. The van der Waals surface area contributed by atoms with Crippen LogP contribution in [0.5, 0.6) is 11.5 Å². The summed E-state index contributed by atoms with van der Waals surface area (Å²) in [6.45, 7) is 6.59. The Kier molecular flexibility index (Phi) is 4.11. The van der Waals surface area contributed by atoms with Crippen molar-refractivity contribution in [3.8, 4) is 11.5 Å². The van der Waals surface area contributed by atoms with Gasteiger partial charge in [-0.25, -0.2) is 4.79 Å². The summed E-state index contributed by atoms with van der Waals surface area (Å²) in [5.74, 6) is 0.642. The van der Waals surface area contributed by atoms with E-state index in [1.54, 1.807) is 23.1 Å². The zero-order chi connectivity index (χ0) is 17.5. The zero-order valence-corrected chi connectivity index (χ0v) is 14.4. The molecule has 1 aromatic rings. The number of nitrogens with zero attached hydrogens (tertiary/aromatic N) is 1. The number of ether oxygens (including phenoxy) is 2. The van der Waals surface area contributed by atoms with Crippen LogP contribution in [0, 0.1) is 0 Å². The number of fused-ring (bicyclic) bond motifs is 1. The van der Waals surface area contributed by atoms with Crippen LogP contribution in [0.25, 0.3) is 0 Å². The number of carbonyl (C=O) groups excluding carboxylic acids is 1. The van der Waals surface area contributed by atoms with Crippen LogP contribution < -0.4 is 4.74 Å². The van der Waals surface area contributed by atoms with Crippen molar-refractivity contribution in [3.05, 3.63) is 23.8 Å². The van der Waals surface area contributed by atoms with Crippen LogP contribution in [0.2, 0.25) is 0 Å². The van der Waals surface area contributed by atoms with E-state index in [0.717, 1.165) is 0 Å². The molecule has 24 heavy (non-hydrogen) atoms. The first-order valence-electron chi connectivity index (χ1n) is 8.35. The maximum atomic E-state index is 12.2. The molecular formula is C18H25NO5. The van der Waals surface area contributed by atoms with Gasteiger partial charge in [-0.1, -0.05) is 0 Å². The van der Waals surface area contributed by atoms with Gasteiger partial charge in [0.25, 0.3) is 0 Å². The van der Waals surface area contributed by atoms with Gasteiger partial charge in [-0.15, -0.1) is 0 Å². The summed E-state index contributed by atoms with van der Waals surface area (Å²) in [7, 11) is 0. The molecule has 0 radical (unpaired) electrons. The number of phenols is 1. The van der Waals surface area contributed by atoms with Crippen molar-refractivity contribution < 1.29 is 24.5 Å². The van der Waals surface area contributed by atoms with Gasteiger partial charge in [0, 0.05) is 44.0 Å². The molecule has 2 aliphatic heterocycles. The Morgan fingerprint density at radius 1 is 1.33 bits per heavy atom. The first kappa shape index (κ1) is 16.9. The van der Waals surface area contributed by atoms with Crippen LogP contribution in [0.4, 0.5) is 4.79 Å². The Morgan fingerprint density at radius 3 is 2.62 bits per heavy atom. The van der Waals surface area contributed by atoms with Crippen LogP contribution in [0.1, 0.15) is 51.7 Å². The van der Waals surface area contributed by atoms with Gasteiger partial charge in [-0.3, -0.25) is 0 Å². The number of aliphatic hydroxyl groups is 1. The summed E-state index contributed by atoms with van der Waals surface area (Å²) in [6, 6.07) is 4.78. The molecule has 3 rings (SSSR count). The van der Waals surface area contributed by atoms with Crippen LogP contribution in [-0.4, -0.2) is 45.5 Å². The van der Waals surface area contributed by atoms with Gasteiger partial charge in [0.05, 0.1) is 6.10 Å². The zero-order valence-electron chi connectivity index (χ0n) is 14.4. The summed E-state index contributed by atoms with van der Waals surface area (Å²) >= 11 is 0. The van der Waals surface area contributed by atoms with Gasteiger partial charge in [0.15, 0.2) is 0 Å². The van der Waals surface area contributed by atoms with Gasteiger partial charge >= 0.3 is 6.09 Å². The van der Waals surface area contributed by atoms with E-state index < -0.39 is 17.3 Å². The van der Waals surface area contributed by atoms with E-state index in [9.17, 15) is 15.0 Å². The highest BCUT2D eigenvalue weighted by Crippen LogP contribution is 2.45. The maximum Gasteiger partial charge on any atom is 0.410 e. The Labute approximate surface area is 142 Å². The van der Waals surface area contributed by atoms with E-state index in [4.69, 9.17) is 9.47 Å². The van der Waals surface area contributed by atoms with Crippen molar-refractivity contribution in [2.24, 2.45) is 0 Å². The van der Waals surface area contributed by atoms with Crippen LogP contribution >= 0.6 is 0 Å². The SMILES string of the molecule is CC(C)(C)OC(=O)N1CCC2(CC1)C[C@@H](O)c1ccc(O)cc1O2. The molecule has 0 unspecified atom stereocenters. The maximum absolute atomic E-state index is 12.2. The largest absolute Gasteiger partial charge is 0.508 e. The number of amides is 1. The molecule has 2 aliphatic rings. The number of hydrogen-bond acceptors (Lipinski definition) is 5. The first-order valence-corrected chi connectivity index (χ1v) is 8.35. The number of carbonyl (C=O) groups is 1. The molecule has 1 saturated heterocycles. The van der Waals surface area contributed by atoms with Crippen molar-refractivity contribution in [3.63, 3.8) is 0 Å². The molecule has 0 bridgehead atoms. The second kappa shape index (κ2) is 5.84. The van der Waals surface area contributed by atoms with Crippen LogP contribution in [0.15, 0.2) is 18.2 Å². The van der Waals surface area contributed by atoms with Crippen molar-refractivity contribution in [1.29, 1.82) is 0 Å². The average molecular weight is 335 g/mol. The number of hydrogen-bond donors (Lipinski definition) is 2. The van der Waals surface area contributed by atoms with Gasteiger partial charge in [-0.2, -0.15) is 0 Å². The normalized spacial score (nSPS) is 22.7. The smallest absolute Gasteiger partial charge is 0.410 e. The molecule has 132 valence electrons. The predicted octanol–water partition coefficient (Wildman–Crippen LogP) is 2.98. The highest BCUT2D eigenvalue weighted by Gasteiger charge is 2.44. The Bertz CT molecular complexity index is 629. The molecule has 1 spiro atoms. The third-order valence-electron chi connectivity index (χ3n) is 4.57. The fraction of sp³-hybridized carbons (Fsp3) is 0.611. The number of phenolic OH excluding ortho intramolecular Hbond substituents is 1. The number of aliphatic hydroxyl groups excluding tert-OH is 1. The van der Waals surface area contributed by atoms with Crippen LogP contribution in [0.3, 0.4) is 0 Å². The van der Waals surface area contributed by atoms with Gasteiger partial charge in [0.2, 0.25) is 0 Å². The lowest BCUT2D eigenvalue weighted by atomic mass is 9.82. The molecule has 0 aliphatic carbocycles. The molecule has 1 aromatic carbocycles. The molecule has 6 nitrogen and oxygen atoms in total. The third-order valence-corrected chi connectivity index (χ3v) is 4.57. The average Bonchev–Trinajstić information content (AvgIpc) is 2.45. The Hall–Kier alpha value is -1.95. The topological polar surface area (TPSA) is 79.2 Å². The highest BCUT2D eigenvalue weighted by molar-refractivity contribution is 5.68. The lowest BCUT2D eigenvalue weighted by Gasteiger charge is -2.45. The number of likely N-dealkylation sites (tertiary alicyclic amines) is 1. The van der Waals surface area contributed by atoms with E-state index in [-0.39, 0.29) is 11.8 Å². The number of rotatable bonds is 0. The minimum absolute atomic E-state index is 0.115. The van der Waals surface area contributed by atoms with E-state index in [0.29, 0.717) is 43.7 Å². The van der Waals surface area contributed by atoms with Gasteiger partial charge in [0.1, 0.15) is 22.7 Å². The van der Waals surface area contributed by atoms with Crippen LogP contribution in [-0.2, 0) is 4.74 Å². The summed E-state index contributed by atoms with van der Waals surface area (Å²) in [5, 5.41) is 20.1. The summed E-state index contributed by atoms with van der Waals surface area (Å²) in [5.41, 5.74) is -0.313. The number of piperidine rings is 1. The fourth-order valence-electron chi connectivity index (χ4n) is 3.35. The molecule has 0 aromatic heterocycles. The minimum Gasteiger partial charge on any atom is -0.508 e. The molecule has 0 saturated carbocycles. The summed E-state index contributed by atoms with van der Waals surface area (Å²) < 4.78 is 11.6. The molecule has 2 heterocycles. The van der Waals surface area contributed by atoms with E-state index in [1.165, 1.54) is 0 Å². The quantitative estimate of drug-likeness (QED) is 0.762. The second-order valence-corrected chi connectivity index (χ2v) is 7.69. The minimum atomic E-state index is -0.623. The lowest BCUT2D eigenvalue weighted by Crippen LogP contribution is -2.52. The van der Waals surface area contributed by atoms with Crippen molar-refractivity contribution in [2.45, 2.75) is 57.3 Å². The van der Waals surface area contributed by atoms with Gasteiger partial charge in [-0.05, 0) is 32.9 Å². The molecular weight excluding hydrogens is 310 g/mol. The first-order chi connectivity index (χ1) is 11.2. The molecule has 1 amide bonds. The third kappa shape index (κ3) is 3.43. The van der Waals surface area contributed by atoms with E-state index in [2.05, 4.69) is 0 Å². The summed E-state index contributed by atoms with van der Waals surface area (Å²) in [6.07, 6.45) is 0.804. The van der Waals surface area contributed by atoms with Crippen molar-refractivity contribution in [2.75, 3.05) is 13.1 Å². The lowest BCUT2D eigenvalue weighted by molar-refractivity contribution is -0.0570. The summed E-state index contributed by atoms with van der Waals surface area (Å²) in [4.78, 5) is 13.9. The standard InChI is InChI=1S/C18H25NO5/c1-17(2,3)24-16(22)19-8-6-18(7-9-19)11-14(21)13-5-4-12(20)10-15(13)23-18/h4-5,10,14,20-21H,6-9,11H2,1-3H3/t14-/m1/s1. The fourth-order valence-corrected chi connectivity index (χ4v) is 3.35. The van der Waals surface area contributed by atoms with Gasteiger partial charge < -0.3 is 24.6 Å². The molecule has 2 N–H and O–H groups in total. The monoisotopic (exact) mass is 335 g/mol. The van der Waals surface area contributed by atoms with E-state index in [1.807, 2.05) is 20.8 Å². The number of aromatic hydroxyl groups is 1. The predicted molar refractivity (Wildman–Crippen MR) is 88.1 cm³/mol. The molecule has 6 heteroatoms. The highest BCUT2D eigenvalue weighted by atomic mass is 16.6. The Morgan fingerprint density at radius 2 is 2.00 bits per heavy atom. The molecule has 1 atom stereocenters. The van der Waals surface area contributed by atoms with Crippen molar-refractivity contribution in [1.82, 2.24) is 4.90 Å². The van der Waals surface area contributed by atoms with E-state index >= 15 is 0 Å². The second-order valence-electron chi connectivity index (χ2n) is 7.69. The van der Waals surface area contributed by atoms with Crippen molar-refractivity contribution >= 4 is 6.09 Å². The number of benzene rings is 1.